The molecule has 0 aliphatic rings. The fourth-order valence-corrected chi connectivity index (χ4v) is 3.23. The van der Waals surface area contributed by atoms with E-state index in [1.807, 2.05) is 31.2 Å². The van der Waals surface area contributed by atoms with Crippen LogP contribution in [0, 0.1) is 17.0 Å². The molecule has 21 heavy (non-hydrogen) atoms. The van der Waals surface area contributed by atoms with E-state index in [0.717, 1.165) is 16.2 Å². The molecule has 0 spiro atoms. The predicted octanol–water partition coefficient (Wildman–Crippen LogP) is 3.29. The summed E-state index contributed by atoms with van der Waals surface area (Å²) in [5.74, 6) is 0.599. The molecule has 1 aromatic carbocycles. The molecular weight excluding hydrogens is 290 g/mol. The first-order valence-corrected chi connectivity index (χ1v) is 7.24. The molecule has 0 fully saturated rings. The number of hydrogen-bond acceptors (Lipinski definition) is 5. The summed E-state index contributed by atoms with van der Waals surface area (Å²) in [5.41, 5.74) is 1.83. The third kappa shape index (κ3) is 2.49. The zero-order valence-corrected chi connectivity index (χ0v) is 12.3. The molecule has 1 atom stereocenters. The number of thioether (sulfide) groups is 1. The third-order valence-electron chi connectivity index (χ3n) is 3.16. The molecule has 0 saturated carbocycles. The molecule has 0 saturated heterocycles. The SMILES string of the molecule is Cc1ncc([N+](=O)[O-])n1C(C)Sc1nc2ccccc2[nH]1. The van der Waals surface area contributed by atoms with Gasteiger partial charge in [-0.1, -0.05) is 12.1 Å². The summed E-state index contributed by atoms with van der Waals surface area (Å²) in [6.45, 7) is 3.64. The van der Waals surface area contributed by atoms with Crippen molar-refractivity contribution in [2.24, 2.45) is 0 Å². The Bertz CT molecular complexity index is 777. The number of aryl methyl sites for hydroxylation is 1. The topological polar surface area (TPSA) is 89.6 Å². The molecule has 3 aromatic rings. The van der Waals surface area contributed by atoms with E-state index < -0.39 is 4.92 Å². The maximum atomic E-state index is 11.0. The number of H-pyrrole nitrogens is 1. The highest BCUT2D eigenvalue weighted by molar-refractivity contribution is 7.99. The number of fused-ring (bicyclic) bond motifs is 1. The quantitative estimate of drug-likeness (QED) is 0.454. The molecule has 0 amide bonds. The Morgan fingerprint density at radius 3 is 2.90 bits per heavy atom. The molecule has 8 heteroatoms. The molecule has 0 bridgehead atoms. The molecule has 108 valence electrons. The van der Waals surface area contributed by atoms with Gasteiger partial charge in [0.25, 0.3) is 0 Å². The lowest BCUT2D eigenvalue weighted by molar-refractivity contribution is -0.392. The molecular formula is C13H13N5O2S. The normalized spacial score (nSPS) is 12.7. The van der Waals surface area contributed by atoms with Crippen LogP contribution in [0.15, 0.2) is 35.6 Å². The molecule has 0 aliphatic heterocycles. The Hall–Kier alpha value is -2.35. The van der Waals surface area contributed by atoms with Gasteiger partial charge in [-0.05, 0) is 35.7 Å². The summed E-state index contributed by atoms with van der Waals surface area (Å²) in [4.78, 5) is 22.3. The van der Waals surface area contributed by atoms with Crippen LogP contribution in [-0.2, 0) is 0 Å². The van der Waals surface area contributed by atoms with E-state index in [1.165, 1.54) is 18.0 Å². The Labute approximate surface area is 124 Å². The van der Waals surface area contributed by atoms with E-state index in [1.54, 1.807) is 11.5 Å². The summed E-state index contributed by atoms with van der Waals surface area (Å²) >= 11 is 1.42. The van der Waals surface area contributed by atoms with Crippen molar-refractivity contribution < 1.29 is 4.92 Å². The van der Waals surface area contributed by atoms with Crippen LogP contribution in [-0.4, -0.2) is 24.4 Å². The van der Waals surface area contributed by atoms with Crippen molar-refractivity contribution in [1.82, 2.24) is 19.5 Å². The van der Waals surface area contributed by atoms with Crippen LogP contribution >= 0.6 is 11.8 Å². The van der Waals surface area contributed by atoms with Crippen LogP contribution in [0.2, 0.25) is 0 Å². The van der Waals surface area contributed by atoms with Crippen molar-refractivity contribution in [2.45, 2.75) is 24.4 Å². The van der Waals surface area contributed by atoms with Gasteiger partial charge in [0.1, 0.15) is 6.20 Å². The first-order valence-electron chi connectivity index (χ1n) is 6.36. The van der Waals surface area contributed by atoms with Crippen molar-refractivity contribution >= 4 is 28.6 Å². The molecule has 2 aromatic heterocycles. The summed E-state index contributed by atoms with van der Waals surface area (Å²) < 4.78 is 1.60. The lowest BCUT2D eigenvalue weighted by atomic mass is 10.3. The molecule has 0 radical (unpaired) electrons. The fraction of sp³-hybridized carbons (Fsp3) is 0.231. The number of aromatic amines is 1. The molecule has 0 aliphatic carbocycles. The van der Waals surface area contributed by atoms with E-state index in [-0.39, 0.29) is 11.2 Å². The van der Waals surface area contributed by atoms with Crippen LogP contribution < -0.4 is 0 Å². The second-order valence-electron chi connectivity index (χ2n) is 4.57. The Kier molecular flexibility index (Phi) is 3.38. The number of nitrogens with one attached hydrogen (secondary N) is 1. The smallest absolute Gasteiger partial charge is 0.343 e. The van der Waals surface area contributed by atoms with E-state index in [0.29, 0.717) is 5.82 Å². The summed E-state index contributed by atoms with van der Waals surface area (Å²) in [7, 11) is 0. The van der Waals surface area contributed by atoms with Gasteiger partial charge in [0.15, 0.2) is 16.4 Å². The van der Waals surface area contributed by atoms with Gasteiger partial charge in [-0.3, -0.25) is 0 Å². The van der Waals surface area contributed by atoms with Crippen molar-refractivity contribution in [2.75, 3.05) is 0 Å². The van der Waals surface area contributed by atoms with E-state index in [9.17, 15) is 10.1 Å². The minimum absolute atomic E-state index is 0.0105. The van der Waals surface area contributed by atoms with Crippen LogP contribution in [0.5, 0.6) is 0 Å². The number of rotatable bonds is 4. The van der Waals surface area contributed by atoms with Gasteiger partial charge >= 0.3 is 5.82 Å². The molecule has 2 heterocycles. The Morgan fingerprint density at radius 1 is 1.43 bits per heavy atom. The lowest BCUT2D eigenvalue weighted by Crippen LogP contribution is -2.07. The first kappa shape index (κ1) is 13.6. The molecule has 3 rings (SSSR count). The Morgan fingerprint density at radius 2 is 2.19 bits per heavy atom. The highest BCUT2D eigenvalue weighted by atomic mass is 32.2. The van der Waals surface area contributed by atoms with Crippen LogP contribution in [0.4, 0.5) is 5.82 Å². The zero-order valence-electron chi connectivity index (χ0n) is 11.5. The van der Waals surface area contributed by atoms with Crippen LogP contribution in [0.3, 0.4) is 0 Å². The van der Waals surface area contributed by atoms with Gasteiger partial charge in [-0.2, -0.15) is 4.57 Å². The predicted molar refractivity (Wildman–Crippen MR) is 80.3 cm³/mol. The van der Waals surface area contributed by atoms with E-state index >= 15 is 0 Å². The number of para-hydroxylation sites is 2. The van der Waals surface area contributed by atoms with Gasteiger partial charge in [-0.25, -0.2) is 9.97 Å². The number of nitrogens with zero attached hydrogens (tertiary/aromatic N) is 4. The summed E-state index contributed by atoms with van der Waals surface area (Å²) in [6.07, 6.45) is 1.28. The molecule has 1 N–H and O–H groups in total. The minimum atomic E-state index is -0.421. The lowest BCUT2D eigenvalue weighted by Gasteiger charge is -2.09. The van der Waals surface area contributed by atoms with Crippen LogP contribution in [0.1, 0.15) is 18.1 Å². The van der Waals surface area contributed by atoms with Crippen molar-refractivity contribution in [3.8, 4) is 0 Å². The summed E-state index contributed by atoms with van der Waals surface area (Å²) in [5, 5.41) is 11.6. The van der Waals surface area contributed by atoms with Crippen molar-refractivity contribution in [1.29, 1.82) is 0 Å². The minimum Gasteiger partial charge on any atom is -0.358 e. The van der Waals surface area contributed by atoms with Gasteiger partial charge in [0, 0.05) is 6.92 Å². The monoisotopic (exact) mass is 303 g/mol. The highest BCUT2D eigenvalue weighted by Gasteiger charge is 2.24. The average molecular weight is 303 g/mol. The molecule has 7 nitrogen and oxygen atoms in total. The highest BCUT2D eigenvalue weighted by Crippen LogP contribution is 2.33. The Balaban J connectivity index is 1.91. The number of nitro groups is 1. The number of imidazole rings is 2. The number of benzene rings is 1. The number of aromatic nitrogens is 4. The average Bonchev–Trinajstić information content (AvgIpc) is 3.01. The second-order valence-corrected chi connectivity index (χ2v) is 5.87. The van der Waals surface area contributed by atoms with Gasteiger partial charge in [0.2, 0.25) is 0 Å². The van der Waals surface area contributed by atoms with Gasteiger partial charge in [-0.15, -0.1) is 0 Å². The number of hydrogen-bond donors (Lipinski definition) is 1. The van der Waals surface area contributed by atoms with E-state index in [4.69, 9.17) is 0 Å². The van der Waals surface area contributed by atoms with E-state index in [2.05, 4.69) is 15.0 Å². The van der Waals surface area contributed by atoms with Crippen molar-refractivity contribution in [3.63, 3.8) is 0 Å². The largest absolute Gasteiger partial charge is 0.358 e. The first-order chi connectivity index (χ1) is 10.1. The van der Waals surface area contributed by atoms with Gasteiger partial charge in [0.05, 0.1) is 11.0 Å². The zero-order chi connectivity index (χ0) is 15.0. The van der Waals surface area contributed by atoms with Gasteiger partial charge < -0.3 is 15.1 Å². The second kappa shape index (κ2) is 5.21. The maximum Gasteiger partial charge on any atom is 0.343 e. The van der Waals surface area contributed by atoms with Crippen molar-refractivity contribution in [3.05, 3.63) is 46.4 Å². The third-order valence-corrected chi connectivity index (χ3v) is 4.13. The van der Waals surface area contributed by atoms with Crippen LogP contribution in [0.25, 0.3) is 11.0 Å². The molecule has 1 unspecified atom stereocenters. The summed E-state index contributed by atoms with van der Waals surface area (Å²) in [6, 6.07) is 7.72. The maximum absolute atomic E-state index is 11.0. The standard InChI is InChI=1S/C13H13N5O2S/c1-8-14-7-12(18(19)20)17(8)9(2)21-13-15-10-5-3-4-6-11(10)16-13/h3-7,9H,1-2H3,(H,15,16). The fourth-order valence-electron chi connectivity index (χ4n) is 2.23.